The van der Waals surface area contributed by atoms with E-state index in [-0.39, 0.29) is 0 Å². The molecule has 1 aromatic heterocycles. The van der Waals surface area contributed by atoms with Crippen molar-refractivity contribution in [2.24, 2.45) is 0 Å². The van der Waals surface area contributed by atoms with Crippen LogP contribution in [0, 0.1) is 0 Å². The summed E-state index contributed by atoms with van der Waals surface area (Å²) in [6.07, 6.45) is 4.66. The molecule has 174 valence electrons. The quantitative estimate of drug-likeness (QED) is 0.403. The van der Waals surface area contributed by atoms with Crippen LogP contribution in [-0.2, 0) is 11.2 Å². The molecule has 4 nitrogen and oxygen atoms in total. The summed E-state index contributed by atoms with van der Waals surface area (Å²) in [6, 6.07) is 30.0. The first-order chi connectivity index (χ1) is 16.6. The normalized spacial score (nSPS) is 17.9. The molecule has 0 radical (unpaired) electrons. The van der Waals surface area contributed by atoms with Crippen LogP contribution in [0.5, 0.6) is 0 Å². The largest absolute Gasteiger partial charge is 0.385 e. The van der Waals surface area contributed by atoms with Gasteiger partial charge >= 0.3 is 0 Å². The standard InChI is InChI=1S/C30H32N2O2/c33-29(25-11-3-1-4-12-25)18-22-32(23-19-29)21-9-17-30(34,26-13-5-2-6-14-26)28-27-15-8-7-10-24(27)16-20-31-28/h1-8,10-16,20,33-34H,9,17-19,21-23H2. The first-order valence-corrected chi connectivity index (χ1v) is 12.2. The number of rotatable bonds is 7. The molecule has 1 fully saturated rings. The van der Waals surface area contributed by atoms with Gasteiger partial charge in [-0.05, 0) is 54.8 Å². The summed E-state index contributed by atoms with van der Waals surface area (Å²) < 4.78 is 0. The highest BCUT2D eigenvalue weighted by molar-refractivity contribution is 5.85. The van der Waals surface area contributed by atoms with Crippen molar-refractivity contribution in [3.8, 4) is 0 Å². The molecule has 0 spiro atoms. The van der Waals surface area contributed by atoms with Gasteiger partial charge in [0.25, 0.3) is 0 Å². The van der Waals surface area contributed by atoms with Gasteiger partial charge in [0.1, 0.15) is 5.60 Å². The Labute approximate surface area is 201 Å². The van der Waals surface area contributed by atoms with Crippen molar-refractivity contribution < 1.29 is 10.2 Å². The topological polar surface area (TPSA) is 56.6 Å². The lowest BCUT2D eigenvalue weighted by Crippen LogP contribution is -2.43. The van der Waals surface area contributed by atoms with Gasteiger partial charge in [-0.25, -0.2) is 0 Å². The van der Waals surface area contributed by atoms with Crippen molar-refractivity contribution in [1.29, 1.82) is 0 Å². The van der Waals surface area contributed by atoms with E-state index < -0.39 is 11.2 Å². The molecule has 1 aliphatic heterocycles. The molecule has 1 atom stereocenters. The summed E-state index contributed by atoms with van der Waals surface area (Å²) >= 11 is 0. The summed E-state index contributed by atoms with van der Waals surface area (Å²) in [5.41, 5.74) is 0.693. The number of nitrogens with zero attached hydrogens (tertiary/aromatic N) is 2. The van der Waals surface area contributed by atoms with E-state index in [1.807, 2.05) is 84.9 Å². The average molecular weight is 453 g/mol. The van der Waals surface area contributed by atoms with Crippen LogP contribution in [0.25, 0.3) is 10.8 Å². The van der Waals surface area contributed by atoms with E-state index in [0.717, 1.165) is 60.8 Å². The molecule has 2 heterocycles. The van der Waals surface area contributed by atoms with E-state index in [1.54, 1.807) is 6.20 Å². The van der Waals surface area contributed by atoms with Gasteiger partial charge in [0.05, 0.1) is 11.3 Å². The number of fused-ring (bicyclic) bond motifs is 1. The van der Waals surface area contributed by atoms with Crippen LogP contribution in [0.15, 0.2) is 97.2 Å². The zero-order valence-corrected chi connectivity index (χ0v) is 19.5. The molecule has 5 rings (SSSR count). The second-order valence-corrected chi connectivity index (χ2v) is 9.45. The summed E-state index contributed by atoms with van der Waals surface area (Å²) in [5, 5.41) is 25.3. The SMILES string of the molecule is OC1(c2ccccc2)CCN(CCCC(O)(c2ccccc2)c2nccc3ccccc23)CC1. The summed E-state index contributed by atoms with van der Waals surface area (Å²) in [4.78, 5) is 7.08. The van der Waals surface area contributed by atoms with Gasteiger partial charge in [-0.3, -0.25) is 4.98 Å². The number of aromatic nitrogens is 1. The summed E-state index contributed by atoms with van der Waals surface area (Å²) in [5.74, 6) is 0. The Kier molecular flexibility index (Phi) is 6.46. The van der Waals surface area contributed by atoms with Crippen LogP contribution in [0.4, 0.5) is 0 Å². The number of hydrogen-bond acceptors (Lipinski definition) is 4. The van der Waals surface area contributed by atoms with Crippen LogP contribution in [0.3, 0.4) is 0 Å². The highest BCUT2D eigenvalue weighted by atomic mass is 16.3. The van der Waals surface area contributed by atoms with Crippen LogP contribution in [0.1, 0.15) is 42.5 Å². The lowest BCUT2D eigenvalue weighted by Gasteiger charge is -2.39. The minimum Gasteiger partial charge on any atom is -0.385 e. The first kappa shape index (κ1) is 22.7. The van der Waals surface area contributed by atoms with Gasteiger partial charge in [0.15, 0.2) is 0 Å². The molecule has 1 unspecified atom stereocenters. The molecule has 1 saturated heterocycles. The van der Waals surface area contributed by atoms with E-state index in [4.69, 9.17) is 0 Å². The van der Waals surface area contributed by atoms with E-state index >= 15 is 0 Å². The molecule has 3 aromatic carbocycles. The predicted octanol–water partition coefficient (Wildman–Crippen LogP) is 5.23. The smallest absolute Gasteiger partial charge is 0.132 e. The molecule has 1 aliphatic rings. The molecule has 2 N–H and O–H groups in total. The zero-order chi connectivity index (χ0) is 23.4. The molecule has 4 heteroatoms. The van der Waals surface area contributed by atoms with E-state index in [1.165, 1.54) is 0 Å². The zero-order valence-electron chi connectivity index (χ0n) is 19.5. The lowest BCUT2D eigenvalue weighted by molar-refractivity contribution is -0.0276. The number of hydrogen-bond donors (Lipinski definition) is 2. The monoisotopic (exact) mass is 452 g/mol. The van der Waals surface area contributed by atoms with Crippen LogP contribution < -0.4 is 0 Å². The van der Waals surface area contributed by atoms with Crippen molar-refractivity contribution >= 4 is 10.8 Å². The molecule has 4 aromatic rings. The molecular formula is C30H32N2O2. The fraction of sp³-hybridized carbons (Fsp3) is 0.300. The third-order valence-electron chi connectivity index (χ3n) is 7.32. The Hall–Kier alpha value is -3.05. The minimum absolute atomic E-state index is 0.581. The van der Waals surface area contributed by atoms with E-state index in [2.05, 4.69) is 16.0 Å². The maximum Gasteiger partial charge on any atom is 0.132 e. The lowest BCUT2D eigenvalue weighted by atomic mass is 9.83. The molecular weight excluding hydrogens is 420 g/mol. The highest BCUT2D eigenvalue weighted by Crippen LogP contribution is 2.37. The second-order valence-electron chi connectivity index (χ2n) is 9.45. The van der Waals surface area contributed by atoms with Gasteiger partial charge in [-0.1, -0.05) is 84.9 Å². The van der Waals surface area contributed by atoms with Crippen LogP contribution in [0.2, 0.25) is 0 Å². The molecule has 0 bridgehead atoms. The van der Waals surface area contributed by atoms with E-state index in [0.29, 0.717) is 12.1 Å². The fourth-order valence-corrected chi connectivity index (χ4v) is 5.30. The Morgan fingerprint density at radius 2 is 1.47 bits per heavy atom. The predicted molar refractivity (Wildman–Crippen MR) is 136 cm³/mol. The van der Waals surface area contributed by atoms with Gasteiger partial charge < -0.3 is 15.1 Å². The summed E-state index contributed by atoms with van der Waals surface area (Å²) in [6.45, 7) is 2.58. The van der Waals surface area contributed by atoms with Gasteiger partial charge in [0, 0.05) is 24.7 Å². The van der Waals surface area contributed by atoms with Crippen molar-refractivity contribution in [3.05, 3.63) is 114 Å². The second kappa shape index (κ2) is 9.67. The Balaban J connectivity index is 1.31. The maximum absolute atomic E-state index is 12.1. The first-order valence-electron chi connectivity index (χ1n) is 12.2. The molecule has 0 aliphatic carbocycles. The third kappa shape index (κ3) is 4.49. The maximum atomic E-state index is 12.1. The number of piperidine rings is 1. The number of benzene rings is 3. The Bertz CT molecular complexity index is 1220. The Morgan fingerprint density at radius 3 is 2.21 bits per heavy atom. The number of likely N-dealkylation sites (tertiary alicyclic amines) is 1. The van der Waals surface area contributed by atoms with Crippen LogP contribution >= 0.6 is 0 Å². The van der Waals surface area contributed by atoms with Crippen molar-refractivity contribution in [3.63, 3.8) is 0 Å². The Morgan fingerprint density at radius 1 is 0.824 bits per heavy atom. The fourth-order valence-electron chi connectivity index (χ4n) is 5.30. The van der Waals surface area contributed by atoms with E-state index in [9.17, 15) is 10.2 Å². The number of pyridine rings is 1. The highest BCUT2D eigenvalue weighted by Gasteiger charge is 2.36. The summed E-state index contributed by atoms with van der Waals surface area (Å²) in [7, 11) is 0. The molecule has 34 heavy (non-hydrogen) atoms. The van der Waals surface area contributed by atoms with Crippen LogP contribution in [-0.4, -0.2) is 39.7 Å². The van der Waals surface area contributed by atoms with Crippen molar-refractivity contribution in [2.45, 2.75) is 36.9 Å². The molecule has 0 amide bonds. The van der Waals surface area contributed by atoms with Gasteiger partial charge in [-0.15, -0.1) is 0 Å². The minimum atomic E-state index is -1.16. The average Bonchev–Trinajstić information content (AvgIpc) is 2.90. The van der Waals surface area contributed by atoms with Gasteiger partial charge in [0.2, 0.25) is 0 Å². The van der Waals surface area contributed by atoms with Crippen molar-refractivity contribution in [1.82, 2.24) is 9.88 Å². The van der Waals surface area contributed by atoms with Gasteiger partial charge in [-0.2, -0.15) is 0 Å². The van der Waals surface area contributed by atoms with Crippen molar-refractivity contribution in [2.75, 3.05) is 19.6 Å². The number of aliphatic hydroxyl groups is 2. The third-order valence-corrected chi connectivity index (χ3v) is 7.32. The molecule has 0 saturated carbocycles.